The van der Waals surface area contributed by atoms with E-state index in [-0.39, 0.29) is 6.04 Å². The van der Waals surface area contributed by atoms with Crippen molar-refractivity contribution < 1.29 is 14.3 Å². The summed E-state index contributed by atoms with van der Waals surface area (Å²) in [7, 11) is 0. The molecule has 166 valence electrons. The zero-order valence-corrected chi connectivity index (χ0v) is 18.3. The van der Waals surface area contributed by atoms with Crippen molar-refractivity contribution in [2.24, 2.45) is 0 Å². The summed E-state index contributed by atoms with van der Waals surface area (Å²) < 4.78 is 13.5. The van der Waals surface area contributed by atoms with Crippen LogP contribution in [0.1, 0.15) is 18.9 Å². The van der Waals surface area contributed by atoms with Crippen LogP contribution in [0.2, 0.25) is 0 Å². The van der Waals surface area contributed by atoms with Gasteiger partial charge in [0.15, 0.2) is 11.4 Å². The van der Waals surface area contributed by atoms with Crippen LogP contribution >= 0.6 is 11.5 Å². The topological polar surface area (TPSA) is 123 Å². The van der Waals surface area contributed by atoms with Gasteiger partial charge in [-0.05, 0) is 36.5 Å². The van der Waals surface area contributed by atoms with Crippen LogP contribution in [0.15, 0.2) is 53.5 Å². The summed E-state index contributed by atoms with van der Waals surface area (Å²) in [6.07, 6.45) is 8.00. The van der Waals surface area contributed by atoms with Gasteiger partial charge in [0.2, 0.25) is 0 Å². The Labute approximate surface area is 192 Å². The number of nitrogens with zero attached hydrogens (tertiary/aromatic N) is 5. The molecule has 6 rings (SSSR count). The number of furan rings is 1. The molecule has 0 aliphatic carbocycles. The van der Waals surface area contributed by atoms with Gasteiger partial charge in [0, 0.05) is 59.1 Å². The number of benzene rings is 1. The van der Waals surface area contributed by atoms with Crippen LogP contribution in [0.4, 0.5) is 10.6 Å². The predicted octanol–water partition coefficient (Wildman–Crippen LogP) is 4.87. The van der Waals surface area contributed by atoms with Crippen LogP contribution in [-0.4, -0.2) is 48.3 Å². The highest BCUT2D eigenvalue weighted by Crippen LogP contribution is 2.39. The minimum Gasteiger partial charge on any atom is -0.465 e. The minimum atomic E-state index is -0.866. The summed E-state index contributed by atoms with van der Waals surface area (Å²) in [5.74, 6) is 1.05. The summed E-state index contributed by atoms with van der Waals surface area (Å²) in [6.45, 7) is 1.02. The summed E-state index contributed by atoms with van der Waals surface area (Å²) in [4.78, 5) is 17.0. The number of carbonyl (C=O) groups is 1. The molecule has 0 atom stereocenters. The highest BCUT2D eigenvalue weighted by molar-refractivity contribution is 7.13. The monoisotopic (exact) mass is 460 g/mol. The number of hydrogen-bond acceptors (Lipinski definition) is 7. The second kappa shape index (κ2) is 7.59. The average Bonchev–Trinajstić information content (AvgIpc) is 3.58. The Morgan fingerprint density at radius 2 is 2.03 bits per heavy atom. The standard InChI is InChI=1S/C23H20N6O3S/c24-22-20-17(8-19(32-20)16-3-1-2-13-10-27-33-21(13)16)18(11-25-22)14-9-26-29(12-14)15-4-6-28(7-5-15)23(30)31/h1-3,8-12,15H,4-7H2,(H2,24,25)(H,30,31). The molecule has 1 aromatic carbocycles. The van der Waals surface area contributed by atoms with Crippen molar-refractivity contribution in [3.8, 4) is 22.5 Å². The van der Waals surface area contributed by atoms with Crippen LogP contribution < -0.4 is 5.73 Å². The molecule has 1 saturated heterocycles. The molecule has 0 unspecified atom stereocenters. The summed E-state index contributed by atoms with van der Waals surface area (Å²) in [5, 5.41) is 15.7. The molecular weight excluding hydrogens is 440 g/mol. The number of likely N-dealkylation sites (tertiary alicyclic amines) is 1. The number of nitrogens with two attached hydrogens (primary N) is 1. The van der Waals surface area contributed by atoms with Crippen molar-refractivity contribution in [1.82, 2.24) is 24.0 Å². The lowest BCUT2D eigenvalue weighted by Gasteiger charge is -2.30. The third kappa shape index (κ3) is 3.30. The average molecular weight is 461 g/mol. The van der Waals surface area contributed by atoms with E-state index in [0.29, 0.717) is 30.3 Å². The molecule has 1 aliphatic heterocycles. The van der Waals surface area contributed by atoms with Crippen molar-refractivity contribution >= 4 is 44.5 Å². The molecule has 9 nitrogen and oxygen atoms in total. The number of aromatic nitrogens is 4. The number of carboxylic acid groups (broad SMARTS) is 1. The summed E-state index contributed by atoms with van der Waals surface area (Å²) >= 11 is 1.43. The van der Waals surface area contributed by atoms with Crippen LogP contribution in [0.3, 0.4) is 0 Å². The molecule has 1 aliphatic rings. The van der Waals surface area contributed by atoms with Gasteiger partial charge >= 0.3 is 6.09 Å². The number of rotatable bonds is 3. The molecule has 1 fully saturated rings. The Bertz CT molecular complexity index is 1490. The largest absolute Gasteiger partial charge is 0.465 e. The van der Waals surface area contributed by atoms with E-state index in [1.165, 1.54) is 16.4 Å². The van der Waals surface area contributed by atoms with E-state index >= 15 is 0 Å². The second-order valence-corrected chi connectivity index (χ2v) is 8.97. The quantitative estimate of drug-likeness (QED) is 0.394. The van der Waals surface area contributed by atoms with Crippen molar-refractivity contribution in [1.29, 1.82) is 0 Å². The number of pyridine rings is 1. The number of anilines is 1. The zero-order chi connectivity index (χ0) is 22.5. The van der Waals surface area contributed by atoms with Gasteiger partial charge in [-0.3, -0.25) is 4.68 Å². The van der Waals surface area contributed by atoms with Crippen LogP contribution in [0.25, 0.3) is 43.5 Å². The third-order valence-corrected chi connectivity index (χ3v) is 7.10. The first-order valence-electron chi connectivity index (χ1n) is 10.6. The Kier molecular flexibility index (Phi) is 4.54. The molecule has 33 heavy (non-hydrogen) atoms. The van der Waals surface area contributed by atoms with Crippen molar-refractivity contribution in [2.45, 2.75) is 18.9 Å². The van der Waals surface area contributed by atoms with Crippen LogP contribution in [-0.2, 0) is 0 Å². The molecule has 0 radical (unpaired) electrons. The number of fused-ring (bicyclic) bond motifs is 2. The van der Waals surface area contributed by atoms with Crippen molar-refractivity contribution in [3.05, 3.63) is 49.1 Å². The fourth-order valence-corrected chi connectivity index (χ4v) is 5.26. The van der Waals surface area contributed by atoms with E-state index in [9.17, 15) is 9.90 Å². The Morgan fingerprint density at radius 1 is 1.18 bits per heavy atom. The molecule has 0 spiro atoms. The fourth-order valence-electron chi connectivity index (χ4n) is 4.49. The van der Waals surface area contributed by atoms with Crippen LogP contribution in [0.5, 0.6) is 0 Å². The highest BCUT2D eigenvalue weighted by Gasteiger charge is 2.24. The first-order valence-corrected chi connectivity index (χ1v) is 11.4. The van der Waals surface area contributed by atoms with Gasteiger partial charge in [-0.15, -0.1) is 0 Å². The minimum absolute atomic E-state index is 0.162. The Hall–Kier alpha value is -3.92. The Balaban J connectivity index is 1.38. The molecule has 3 N–H and O–H groups in total. The van der Waals surface area contributed by atoms with E-state index in [2.05, 4.69) is 14.5 Å². The van der Waals surface area contributed by atoms with E-state index in [1.807, 2.05) is 47.5 Å². The zero-order valence-electron chi connectivity index (χ0n) is 17.5. The van der Waals surface area contributed by atoms with E-state index in [4.69, 9.17) is 10.2 Å². The van der Waals surface area contributed by atoms with Gasteiger partial charge in [-0.2, -0.15) is 9.47 Å². The van der Waals surface area contributed by atoms with Gasteiger partial charge < -0.3 is 20.2 Å². The van der Waals surface area contributed by atoms with E-state index < -0.39 is 6.09 Å². The molecule has 10 heteroatoms. The third-order valence-electron chi connectivity index (χ3n) is 6.26. The molecule has 0 bridgehead atoms. The first kappa shape index (κ1) is 19.7. The van der Waals surface area contributed by atoms with Crippen molar-refractivity contribution in [2.75, 3.05) is 18.8 Å². The maximum atomic E-state index is 11.2. The van der Waals surface area contributed by atoms with E-state index in [0.717, 1.165) is 45.0 Å². The SMILES string of the molecule is Nc1ncc(-c2cnn(C3CCN(C(=O)O)CC3)c2)c2cc(-c3cccc4cnsc34)oc12. The Morgan fingerprint density at radius 3 is 2.85 bits per heavy atom. The lowest BCUT2D eigenvalue weighted by Crippen LogP contribution is -2.38. The number of amides is 1. The maximum absolute atomic E-state index is 11.2. The highest BCUT2D eigenvalue weighted by atomic mass is 32.1. The van der Waals surface area contributed by atoms with Crippen molar-refractivity contribution in [3.63, 3.8) is 0 Å². The van der Waals surface area contributed by atoms with E-state index in [1.54, 1.807) is 6.20 Å². The number of nitrogen functional groups attached to an aromatic ring is 1. The maximum Gasteiger partial charge on any atom is 0.407 e. The van der Waals surface area contributed by atoms with Gasteiger partial charge in [-0.25, -0.2) is 9.78 Å². The van der Waals surface area contributed by atoms with Crippen LogP contribution in [0, 0.1) is 0 Å². The smallest absolute Gasteiger partial charge is 0.407 e. The van der Waals surface area contributed by atoms with Gasteiger partial charge in [0.1, 0.15) is 5.76 Å². The molecule has 5 aromatic rings. The number of piperidine rings is 1. The second-order valence-electron chi connectivity index (χ2n) is 8.17. The lowest BCUT2D eigenvalue weighted by molar-refractivity contribution is 0.124. The summed E-state index contributed by atoms with van der Waals surface area (Å²) in [6, 6.07) is 8.20. The molecule has 4 aromatic heterocycles. The number of hydrogen-bond donors (Lipinski definition) is 2. The molecule has 5 heterocycles. The van der Waals surface area contributed by atoms with Gasteiger partial charge in [0.05, 0.1) is 16.9 Å². The van der Waals surface area contributed by atoms with Gasteiger partial charge in [0.25, 0.3) is 0 Å². The normalized spacial score (nSPS) is 15.0. The molecule has 1 amide bonds. The first-order chi connectivity index (χ1) is 16.1. The molecular formula is C23H20N6O3S. The predicted molar refractivity (Wildman–Crippen MR) is 126 cm³/mol. The molecule has 0 saturated carbocycles. The van der Waals surface area contributed by atoms with Gasteiger partial charge in [-0.1, -0.05) is 12.1 Å². The lowest BCUT2D eigenvalue weighted by atomic mass is 10.0. The fraction of sp³-hybridized carbons (Fsp3) is 0.217. The summed E-state index contributed by atoms with van der Waals surface area (Å²) in [5.41, 5.74) is 9.48.